The molecule has 0 aliphatic heterocycles. The number of unbranched alkanes of at least 4 members (excludes halogenated alkanes) is 1. The molecule has 1 atom stereocenters. The van der Waals surface area contributed by atoms with Crippen molar-refractivity contribution in [3.05, 3.63) is 35.9 Å². The Hall–Kier alpha value is -0.860. The first-order valence-electron chi connectivity index (χ1n) is 8.96. The number of nitrogens with one attached hydrogen (secondary N) is 2. The maximum absolute atomic E-state index is 5.86. The monoisotopic (exact) mass is 463 g/mol. The first-order valence-corrected chi connectivity index (χ1v) is 8.96. The molecule has 25 heavy (non-hydrogen) atoms. The van der Waals surface area contributed by atoms with Gasteiger partial charge in [-0.15, -0.1) is 24.0 Å². The number of halogens is 1. The second-order valence-corrected chi connectivity index (χ2v) is 5.67. The van der Waals surface area contributed by atoms with Crippen LogP contribution in [-0.4, -0.2) is 45.9 Å². The van der Waals surface area contributed by atoms with E-state index in [4.69, 9.17) is 9.47 Å². The molecule has 1 aromatic carbocycles. The Kier molecular flexibility index (Phi) is 16.0. The highest BCUT2D eigenvalue weighted by molar-refractivity contribution is 14.0. The smallest absolute Gasteiger partial charge is 0.191 e. The largest absolute Gasteiger partial charge is 0.380 e. The molecular formula is C19H34IN3O2. The summed E-state index contributed by atoms with van der Waals surface area (Å²) in [4.78, 5) is 4.20. The van der Waals surface area contributed by atoms with E-state index in [9.17, 15) is 0 Å². The van der Waals surface area contributed by atoms with Gasteiger partial charge in [0.25, 0.3) is 0 Å². The molecule has 0 saturated carbocycles. The number of hydrogen-bond donors (Lipinski definition) is 2. The van der Waals surface area contributed by atoms with Crippen LogP contribution in [0.5, 0.6) is 0 Å². The van der Waals surface area contributed by atoms with Crippen LogP contribution in [0.4, 0.5) is 0 Å². The SMILES string of the molecule is CCCCOCCNC(=NC)NCCCOC(C)c1ccccc1.I. The van der Waals surface area contributed by atoms with Crippen LogP contribution >= 0.6 is 24.0 Å². The molecule has 2 N–H and O–H groups in total. The molecule has 0 radical (unpaired) electrons. The highest BCUT2D eigenvalue weighted by Crippen LogP contribution is 2.15. The van der Waals surface area contributed by atoms with E-state index < -0.39 is 0 Å². The van der Waals surface area contributed by atoms with Gasteiger partial charge in [0.2, 0.25) is 0 Å². The van der Waals surface area contributed by atoms with Crippen LogP contribution in [0.15, 0.2) is 35.3 Å². The lowest BCUT2D eigenvalue weighted by Gasteiger charge is -2.15. The standard InChI is InChI=1S/C19H33N3O2.HI/c1-4-5-14-23-16-13-22-19(20-3)21-12-9-15-24-17(2)18-10-7-6-8-11-18;/h6-8,10-11,17H,4-5,9,12-16H2,1-3H3,(H2,20,21,22);1H. The summed E-state index contributed by atoms with van der Waals surface area (Å²) < 4.78 is 11.4. The average molecular weight is 463 g/mol. The fourth-order valence-corrected chi connectivity index (χ4v) is 2.17. The molecule has 0 aliphatic rings. The van der Waals surface area contributed by atoms with E-state index in [1.165, 1.54) is 12.0 Å². The number of nitrogens with zero attached hydrogens (tertiary/aromatic N) is 1. The highest BCUT2D eigenvalue weighted by Gasteiger charge is 2.04. The van der Waals surface area contributed by atoms with Gasteiger partial charge in [-0.2, -0.15) is 0 Å². The van der Waals surface area contributed by atoms with Gasteiger partial charge in [-0.3, -0.25) is 4.99 Å². The van der Waals surface area contributed by atoms with Crippen LogP contribution in [-0.2, 0) is 9.47 Å². The lowest BCUT2D eigenvalue weighted by Crippen LogP contribution is -2.39. The fraction of sp³-hybridized carbons (Fsp3) is 0.632. The Balaban J connectivity index is 0.00000576. The van der Waals surface area contributed by atoms with E-state index in [0.29, 0.717) is 6.61 Å². The van der Waals surface area contributed by atoms with E-state index in [0.717, 1.165) is 45.1 Å². The second kappa shape index (κ2) is 16.6. The summed E-state index contributed by atoms with van der Waals surface area (Å²) in [5, 5.41) is 6.53. The quantitative estimate of drug-likeness (QED) is 0.215. The van der Waals surface area contributed by atoms with E-state index >= 15 is 0 Å². The normalized spacial score (nSPS) is 12.4. The number of rotatable bonds is 12. The topological polar surface area (TPSA) is 54.9 Å². The molecule has 0 aliphatic carbocycles. The van der Waals surface area contributed by atoms with Gasteiger partial charge in [0.05, 0.1) is 12.7 Å². The Morgan fingerprint density at radius 3 is 2.44 bits per heavy atom. The zero-order chi connectivity index (χ0) is 17.5. The van der Waals surface area contributed by atoms with Gasteiger partial charge in [-0.05, 0) is 25.3 Å². The average Bonchev–Trinajstić information content (AvgIpc) is 2.63. The highest BCUT2D eigenvalue weighted by atomic mass is 127. The molecular weight excluding hydrogens is 429 g/mol. The summed E-state index contributed by atoms with van der Waals surface area (Å²) in [6, 6.07) is 10.3. The van der Waals surface area contributed by atoms with Gasteiger partial charge in [-0.25, -0.2) is 0 Å². The van der Waals surface area contributed by atoms with Crippen molar-refractivity contribution >= 4 is 29.9 Å². The van der Waals surface area contributed by atoms with Crippen molar-refractivity contribution in [3.8, 4) is 0 Å². The predicted octanol–water partition coefficient (Wildman–Crippen LogP) is 3.75. The van der Waals surface area contributed by atoms with Gasteiger partial charge in [-0.1, -0.05) is 43.7 Å². The van der Waals surface area contributed by atoms with E-state index in [1.54, 1.807) is 7.05 Å². The van der Waals surface area contributed by atoms with E-state index in [2.05, 4.69) is 41.6 Å². The second-order valence-electron chi connectivity index (χ2n) is 5.67. The van der Waals surface area contributed by atoms with E-state index in [-0.39, 0.29) is 30.1 Å². The molecule has 0 aromatic heterocycles. The third-order valence-electron chi connectivity index (χ3n) is 3.66. The Morgan fingerprint density at radius 2 is 1.76 bits per heavy atom. The minimum atomic E-state index is 0. The van der Waals surface area contributed by atoms with Crippen LogP contribution in [0.2, 0.25) is 0 Å². The number of aliphatic imine (C=N–C) groups is 1. The number of benzene rings is 1. The third kappa shape index (κ3) is 12.2. The number of guanidine groups is 1. The van der Waals surface area contributed by atoms with Crippen molar-refractivity contribution in [2.24, 2.45) is 4.99 Å². The molecule has 6 heteroatoms. The fourth-order valence-electron chi connectivity index (χ4n) is 2.17. The molecule has 144 valence electrons. The summed E-state index contributed by atoms with van der Waals surface area (Å²) in [5.41, 5.74) is 1.21. The van der Waals surface area contributed by atoms with Crippen LogP contribution < -0.4 is 10.6 Å². The lowest BCUT2D eigenvalue weighted by molar-refractivity contribution is 0.0646. The molecule has 0 bridgehead atoms. The molecule has 1 unspecified atom stereocenters. The molecule has 0 heterocycles. The van der Waals surface area contributed by atoms with Crippen molar-refractivity contribution in [1.82, 2.24) is 10.6 Å². The summed E-state index contributed by atoms with van der Waals surface area (Å²) in [7, 11) is 1.78. The van der Waals surface area contributed by atoms with Gasteiger partial charge in [0, 0.05) is 33.4 Å². The molecule has 1 rings (SSSR count). The molecule has 1 aromatic rings. The summed E-state index contributed by atoms with van der Waals surface area (Å²) in [6.07, 6.45) is 3.35. The molecule has 0 saturated heterocycles. The van der Waals surface area contributed by atoms with Crippen molar-refractivity contribution in [2.75, 3.05) is 40.0 Å². The van der Waals surface area contributed by atoms with Crippen LogP contribution in [0.25, 0.3) is 0 Å². The minimum absolute atomic E-state index is 0. The van der Waals surface area contributed by atoms with Crippen molar-refractivity contribution in [1.29, 1.82) is 0 Å². The summed E-state index contributed by atoms with van der Waals surface area (Å²) in [5.74, 6) is 0.810. The van der Waals surface area contributed by atoms with Gasteiger partial charge < -0.3 is 20.1 Å². The molecule has 0 fully saturated rings. The maximum Gasteiger partial charge on any atom is 0.191 e. The summed E-state index contributed by atoms with van der Waals surface area (Å²) >= 11 is 0. The Bertz CT molecular complexity index is 444. The first-order chi connectivity index (χ1) is 11.8. The number of ether oxygens (including phenoxy) is 2. The Labute approximate surface area is 170 Å². The molecule has 0 spiro atoms. The zero-order valence-corrected chi connectivity index (χ0v) is 18.1. The lowest BCUT2D eigenvalue weighted by atomic mass is 10.1. The zero-order valence-electron chi connectivity index (χ0n) is 15.8. The van der Waals surface area contributed by atoms with E-state index in [1.807, 2.05) is 18.2 Å². The van der Waals surface area contributed by atoms with Crippen molar-refractivity contribution in [3.63, 3.8) is 0 Å². The third-order valence-corrected chi connectivity index (χ3v) is 3.66. The predicted molar refractivity (Wildman–Crippen MR) is 116 cm³/mol. The van der Waals surface area contributed by atoms with Crippen molar-refractivity contribution < 1.29 is 9.47 Å². The maximum atomic E-state index is 5.86. The van der Waals surface area contributed by atoms with Gasteiger partial charge in [0.1, 0.15) is 0 Å². The van der Waals surface area contributed by atoms with Gasteiger partial charge in [0.15, 0.2) is 5.96 Å². The minimum Gasteiger partial charge on any atom is -0.380 e. The molecule has 0 amide bonds. The van der Waals surface area contributed by atoms with Gasteiger partial charge >= 0.3 is 0 Å². The number of hydrogen-bond acceptors (Lipinski definition) is 3. The summed E-state index contributed by atoms with van der Waals surface area (Å²) in [6.45, 7) is 8.11. The first kappa shape index (κ1) is 24.1. The van der Waals surface area contributed by atoms with Crippen molar-refractivity contribution in [2.45, 2.75) is 39.2 Å². The molecule has 5 nitrogen and oxygen atoms in total. The van der Waals surface area contributed by atoms with Crippen LogP contribution in [0.1, 0.15) is 44.8 Å². The Morgan fingerprint density at radius 1 is 1.04 bits per heavy atom. The van der Waals surface area contributed by atoms with Crippen LogP contribution in [0, 0.1) is 0 Å². The van der Waals surface area contributed by atoms with Crippen LogP contribution in [0.3, 0.4) is 0 Å².